The maximum Gasteiger partial charge on any atom is 0.308 e. The third-order valence-corrected chi connectivity index (χ3v) is 10.8. The van der Waals surface area contributed by atoms with Gasteiger partial charge in [0.2, 0.25) is 0 Å². The van der Waals surface area contributed by atoms with Crippen LogP contribution >= 0.6 is 0 Å². The van der Waals surface area contributed by atoms with E-state index in [2.05, 4.69) is 60.9 Å². The number of esters is 1. The van der Waals surface area contributed by atoms with Gasteiger partial charge in [0, 0.05) is 60.1 Å². The number of amides is 1. The number of hydrogen-bond donors (Lipinski definition) is 1. The van der Waals surface area contributed by atoms with Crippen molar-refractivity contribution in [2.24, 2.45) is 11.8 Å². The second-order valence-electron chi connectivity index (χ2n) is 14.3. The Morgan fingerprint density at radius 1 is 1.13 bits per heavy atom. The Labute approximate surface area is 277 Å². The number of likely N-dealkylation sites (tertiary alicyclic amines) is 1. The summed E-state index contributed by atoms with van der Waals surface area (Å²) >= 11 is 0. The zero-order valence-electron chi connectivity index (χ0n) is 27.8. The molecule has 1 N–H and O–H groups in total. The molecular formula is C40H44N2O5. The van der Waals surface area contributed by atoms with E-state index in [4.69, 9.17) is 9.47 Å². The highest BCUT2D eigenvalue weighted by Gasteiger charge is 2.67. The van der Waals surface area contributed by atoms with Crippen LogP contribution in [0.3, 0.4) is 0 Å². The fourth-order valence-corrected chi connectivity index (χ4v) is 9.09. The molecule has 7 nitrogen and oxygen atoms in total. The van der Waals surface area contributed by atoms with Crippen LogP contribution in [0.25, 0.3) is 0 Å². The molecule has 1 saturated carbocycles. The van der Waals surface area contributed by atoms with E-state index >= 15 is 0 Å². The van der Waals surface area contributed by atoms with Gasteiger partial charge >= 0.3 is 5.97 Å². The molecule has 3 aromatic carbocycles. The molecule has 3 aromatic rings. The first-order valence-corrected chi connectivity index (χ1v) is 17.1. The number of carbonyl (C=O) groups excluding carboxylic acids is 2. The summed E-state index contributed by atoms with van der Waals surface area (Å²) in [5.41, 5.74) is 4.78. The van der Waals surface area contributed by atoms with Crippen LogP contribution in [-0.4, -0.2) is 64.6 Å². The van der Waals surface area contributed by atoms with Crippen LogP contribution in [0.2, 0.25) is 0 Å². The molecule has 0 unspecified atom stereocenters. The molecule has 244 valence electrons. The van der Waals surface area contributed by atoms with Gasteiger partial charge in [0.05, 0.1) is 6.04 Å². The molecule has 2 heterocycles. The minimum Gasteiger partial charge on any atom is -0.504 e. The van der Waals surface area contributed by atoms with Gasteiger partial charge in [0.1, 0.15) is 11.9 Å². The third-order valence-electron chi connectivity index (χ3n) is 10.8. The van der Waals surface area contributed by atoms with Gasteiger partial charge in [-0.15, -0.1) is 0 Å². The predicted octanol–water partition coefficient (Wildman–Crippen LogP) is 5.81. The van der Waals surface area contributed by atoms with Gasteiger partial charge in [-0.2, -0.15) is 0 Å². The molecule has 0 radical (unpaired) electrons. The summed E-state index contributed by atoms with van der Waals surface area (Å²) in [4.78, 5) is 30.9. The molecule has 2 aliphatic heterocycles. The van der Waals surface area contributed by atoms with E-state index in [0.717, 1.165) is 67.4 Å². The van der Waals surface area contributed by atoms with Crippen molar-refractivity contribution >= 4 is 11.9 Å². The molecule has 1 spiro atoms. The zero-order chi connectivity index (χ0) is 32.9. The number of phenolic OH excluding ortho intramolecular Hbond substituents is 1. The minimum absolute atomic E-state index is 0.00722. The second kappa shape index (κ2) is 12.4. The fraction of sp³-hybridized carbons (Fsp3) is 0.450. The number of rotatable bonds is 7. The lowest BCUT2D eigenvalue weighted by atomic mass is 9.50. The topological polar surface area (TPSA) is 79.3 Å². The number of phenols is 1. The zero-order valence-corrected chi connectivity index (χ0v) is 27.8. The number of nitrogens with zero attached hydrogens (tertiary/aromatic N) is 2. The molecule has 1 saturated heterocycles. The van der Waals surface area contributed by atoms with Crippen LogP contribution in [0.15, 0.2) is 60.7 Å². The molecule has 5 atom stereocenters. The van der Waals surface area contributed by atoms with Crippen molar-refractivity contribution < 1.29 is 24.2 Å². The number of ether oxygens (including phenoxy) is 2. The fourth-order valence-electron chi connectivity index (χ4n) is 9.09. The molecular weight excluding hydrogens is 588 g/mol. The molecule has 0 aromatic heterocycles. The highest BCUT2D eigenvalue weighted by Crippen LogP contribution is 2.65. The van der Waals surface area contributed by atoms with Crippen LogP contribution < -0.4 is 9.47 Å². The van der Waals surface area contributed by atoms with E-state index in [9.17, 15) is 14.7 Å². The molecule has 2 fully saturated rings. The molecule has 47 heavy (non-hydrogen) atoms. The Hall–Kier alpha value is -4.28. The first kappa shape index (κ1) is 31.3. The van der Waals surface area contributed by atoms with Crippen LogP contribution in [0.1, 0.15) is 67.9 Å². The average molecular weight is 633 g/mol. The van der Waals surface area contributed by atoms with Gasteiger partial charge < -0.3 is 19.5 Å². The quantitative estimate of drug-likeness (QED) is 0.201. The first-order chi connectivity index (χ1) is 22.7. The van der Waals surface area contributed by atoms with Gasteiger partial charge in [-0.05, 0) is 80.7 Å². The number of aromatic hydroxyl groups is 1. The van der Waals surface area contributed by atoms with Crippen molar-refractivity contribution in [3.63, 3.8) is 0 Å². The van der Waals surface area contributed by atoms with Gasteiger partial charge in [-0.3, -0.25) is 14.5 Å². The largest absolute Gasteiger partial charge is 0.504 e. The molecule has 1 amide bonds. The normalized spacial score (nSPS) is 25.3. The van der Waals surface area contributed by atoms with Gasteiger partial charge in [-0.1, -0.05) is 62.2 Å². The predicted molar refractivity (Wildman–Crippen MR) is 180 cm³/mol. The Morgan fingerprint density at radius 3 is 2.68 bits per heavy atom. The van der Waals surface area contributed by atoms with Crippen LogP contribution in [0.4, 0.5) is 0 Å². The van der Waals surface area contributed by atoms with Crippen LogP contribution in [0, 0.1) is 30.6 Å². The summed E-state index contributed by atoms with van der Waals surface area (Å²) in [6, 6.07) is 20.1. The molecule has 7 heteroatoms. The highest BCUT2D eigenvalue weighted by molar-refractivity contribution is 5.94. The second-order valence-corrected chi connectivity index (χ2v) is 14.3. The van der Waals surface area contributed by atoms with E-state index in [0.29, 0.717) is 18.0 Å². The first-order valence-electron chi connectivity index (χ1n) is 17.1. The van der Waals surface area contributed by atoms with Crippen molar-refractivity contribution in [3.8, 4) is 29.1 Å². The number of piperidine rings is 1. The van der Waals surface area contributed by atoms with Crippen molar-refractivity contribution in [1.82, 2.24) is 9.80 Å². The average Bonchev–Trinajstić information content (AvgIpc) is 3.39. The van der Waals surface area contributed by atoms with Gasteiger partial charge in [0.15, 0.2) is 11.5 Å². The van der Waals surface area contributed by atoms with E-state index in [1.807, 2.05) is 36.1 Å². The van der Waals surface area contributed by atoms with Crippen molar-refractivity contribution in [2.75, 3.05) is 19.6 Å². The van der Waals surface area contributed by atoms with E-state index in [1.165, 1.54) is 12.5 Å². The molecule has 2 bridgehead atoms. The lowest BCUT2D eigenvalue weighted by molar-refractivity contribution is -0.138. The van der Waals surface area contributed by atoms with Crippen molar-refractivity contribution in [2.45, 2.75) is 83.4 Å². The van der Waals surface area contributed by atoms with Crippen LogP contribution in [-0.2, 0) is 27.8 Å². The monoisotopic (exact) mass is 632 g/mol. The number of hydrogen-bond acceptors (Lipinski definition) is 6. The molecule has 2 aliphatic carbocycles. The summed E-state index contributed by atoms with van der Waals surface area (Å²) in [5.74, 6) is 6.90. The third kappa shape index (κ3) is 5.57. The Bertz CT molecular complexity index is 1760. The van der Waals surface area contributed by atoms with Crippen LogP contribution in [0.5, 0.6) is 17.2 Å². The van der Waals surface area contributed by atoms with Gasteiger partial charge in [0.25, 0.3) is 5.91 Å². The SMILES string of the molecule is CC(=O)Oc1cc(O)c2c3c1C[C@@H]1[C@@H]4CC[C@H](N(CC(C)C)C(=O)C#Cc5cccc(C)c5)[C@H](O2)[C@]34CCN1CCc1ccccc1. The summed E-state index contributed by atoms with van der Waals surface area (Å²) in [6.07, 6.45) is 3.92. The van der Waals surface area contributed by atoms with Crippen molar-refractivity contribution in [1.29, 1.82) is 0 Å². The maximum absolute atomic E-state index is 14.0. The summed E-state index contributed by atoms with van der Waals surface area (Å²) in [6.45, 7) is 10.1. The number of carbonyl (C=O) groups is 2. The lowest BCUT2D eigenvalue weighted by Crippen LogP contribution is -2.69. The lowest BCUT2D eigenvalue weighted by Gasteiger charge is -2.60. The number of benzene rings is 3. The maximum atomic E-state index is 14.0. The minimum atomic E-state index is -0.413. The van der Waals surface area contributed by atoms with E-state index in [-0.39, 0.29) is 41.7 Å². The Kier molecular flexibility index (Phi) is 8.26. The standard InChI is InChI=1S/C40H44N2O5/c1-25(2)24-42(36(45)16-13-29-12-8-9-26(3)21-29)32-15-14-31-33-22-30-35(46-27(4)43)23-34(44)38-37(30)40(31,39(32)47-38)18-20-41(33)19-17-28-10-6-5-7-11-28/h5-12,21,23,25,31-33,39,44H,14-15,17-20,22,24H2,1-4H3/t31-,32-,33+,39-,40-/m0/s1. The summed E-state index contributed by atoms with van der Waals surface area (Å²) in [7, 11) is 0. The van der Waals surface area contributed by atoms with Crippen molar-refractivity contribution in [3.05, 3.63) is 88.5 Å². The smallest absolute Gasteiger partial charge is 0.308 e. The Balaban J connectivity index is 1.28. The van der Waals surface area contributed by atoms with Gasteiger partial charge in [-0.25, -0.2) is 0 Å². The Morgan fingerprint density at radius 2 is 1.94 bits per heavy atom. The number of aryl methyl sites for hydroxylation is 1. The summed E-state index contributed by atoms with van der Waals surface area (Å²) in [5, 5.41) is 11.3. The highest BCUT2D eigenvalue weighted by atomic mass is 16.5. The molecule has 7 rings (SSSR count). The molecule has 4 aliphatic rings. The van der Waals surface area contributed by atoms with E-state index < -0.39 is 11.4 Å². The van der Waals surface area contributed by atoms with E-state index in [1.54, 1.807) is 6.07 Å². The summed E-state index contributed by atoms with van der Waals surface area (Å²) < 4.78 is 12.7.